The van der Waals surface area contributed by atoms with Crippen LogP contribution >= 0.6 is 11.6 Å². The number of aromatic amines is 1. The minimum atomic E-state index is -0.240. The number of hydrogen-bond acceptors (Lipinski definition) is 6. The molecule has 1 aliphatic heterocycles. The molecule has 3 heterocycles. The first-order valence-electron chi connectivity index (χ1n) is 13.7. The monoisotopic (exact) mass is 564 g/mol. The molecule has 2 aromatic heterocycles. The van der Waals surface area contributed by atoms with Gasteiger partial charge in [-0.3, -0.25) is 4.79 Å². The third-order valence-corrected chi connectivity index (χ3v) is 7.47. The van der Waals surface area contributed by atoms with Crippen molar-refractivity contribution in [1.29, 1.82) is 0 Å². The Hall–Kier alpha value is -3.53. The number of likely N-dealkylation sites (tertiary alicyclic amines) is 1. The SMILES string of the molecule is CC(=O)NCCNc1nc(-c2ccccc2)nc2[nH]c(COC3CCN(CCc4c(F)cccc4Cl)CC3)cc12. The highest BCUT2D eigenvalue weighted by Gasteiger charge is 2.21. The predicted molar refractivity (Wildman–Crippen MR) is 156 cm³/mol. The van der Waals surface area contributed by atoms with Gasteiger partial charge in [-0.2, -0.15) is 0 Å². The van der Waals surface area contributed by atoms with Crippen molar-refractivity contribution in [2.24, 2.45) is 0 Å². The summed E-state index contributed by atoms with van der Waals surface area (Å²) in [5.74, 6) is 1.02. The molecular formula is C30H34ClFN6O2. The van der Waals surface area contributed by atoms with Crippen LogP contribution in [0.25, 0.3) is 22.4 Å². The Morgan fingerprint density at radius 3 is 2.67 bits per heavy atom. The molecule has 0 atom stereocenters. The average Bonchev–Trinajstić information content (AvgIpc) is 3.38. The van der Waals surface area contributed by atoms with E-state index in [4.69, 9.17) is 26.3 Å². The van der Waals surface area contributed by atoms with E-state index in [2.05, 4.69) is 20.5 Å². The van der Waals surface area contributed by atoms with Crippen molar-refractivity contribution in [3.05, 3.63) is 76.7 Å². The van der Waals surface area contributed by atoms with Gasteiger partial charge in [0, 0.05) is 61.5 Å². The number of nitrogens with zero attached hydrogens (tertiary/aromatic N) is 3. The zero-order valence-corrected chi connectivity index (χ0v) is 23.3. The predicted octanol–water partition coefficient (Wildman–Crippen LogP) is 5.19. The van der Waals surface area contributed by atoms with Gasteiger partial charge in [0.15, 0.2) is 5.82 Å². The smallest absolute Gasteiger partial charge is 0.216 e. The maximum Gasteiger partial charge on any atom is 0.216 e. The van der Waals surface area contributed by atoms with E-state index in [0.717, 1.165) is 54.8 Å². The number of amides is 1. The van der Waals surface area contributed by atoms with E-state index in [1.54, 1.807) is 12.1 Å². The van der Waals surface area contributed by atoms with Crippen LogP contribution in [0.5, 0.6) is 0 Å². The first kappa shape index (κ1) is 28.0. The average molecular weight is 565 g/mol. The van der Waals surface area contributed by atoms with E-state index >= 15 is 0 Å². The maximum absolute atomic E-state index is 14.1. The summed E-state index contributed by atoms with van der Waals surface area (Å²) in [7, 11) is 0. The van der Waals surface area contributed by atoms with Gasteiger partial charge in [0.2, 0.25) is 5.91 Å². The fourth-order valence-electron chi connectivity index (χ4n) is 4.96. The van der Waals surface area contributed by atoms with Gasteiger partial charge >= 0.3 is 0 Å². The van der Waals surface area contributed by atoms with E-state index in [0.29, 0.717) is 48.3 Å². The largest absolute Gasteiger partial charge is 0.372 e. The summed E-state index contributed by atoms with van der Waals surface area (Å²) in [5.41, 5.74) is 3.17. The van der Waals surface area contributed by atoms with Gasteiger partial charge < -0.3 is 25.3 Å². The molecule has 2 aromatic carbocycles. The lowest BCUT2D eigenvalue weighted by Gasteiger charge is -2.31. The molecule has 3 N–H and O–H groups in total. The number of aromatic nitrogens is 3. The van der Waals surface area contributed by atoms with E-state index in [1.807, 2.05) is 36.4 Å². The van der Waals surface area contributed by atoms with Crippen molar-refractivity contribution >= 4 is 34.4 Å². The molecule has 4 aromatic rings. The molecule has 5 rings (SSSR count). The van der Waals surface area contributed by atoms with E-state index in [1.165, 1.54) is 13.0 Å². The molecule has 1 aliphatic rings. The topological polar surface area (TPSA) is 95.2 Å². The van der Waals surface area contributed by atoms with Gasteiger partial charge in [-0.1, -0.05) is 48.0 Å². The van der Waals surface area contributed by atoms with Crippen molar-refractivity contribution < 1.29 is 13.9 Å². The Balaban J connectivity index is 1.19. The molecule has 210 valence electrons. The van der Waals surface area contributed by atoms with Crippen LogP contribution < -0.4 is 10.6 Å². The van der Waals surface area contributed by atoms with Gasteiger partial charge in [-0.15, -0.1) is 0 Å². The molecule has 1 amide bonds. The highest BCUT2D eigenvalue weighted by atomic mass is 35.5. The number of carbonyl (C=O) groups is 1. The number of carbonyl (C=O) groups excluding carboxylic acids is 1. The third-order valence-electron chi connectivity index (χ3n) is 7.12. The number of halogens is 2. The van der Waals surface area contributed by atoms with Gasteiger partial charge in [-0.05, 0) is 37.5 Å². The molecule has 1 fully saturated rings. The summed E-state index contributed by atoms with van der Waals surface area (Å²) in [5, 5.41) is 7.51. The van der Waals surface area contributed by atoms with Gasteiger partial charge in [0.25, 0.3) is 0 Å². The van der Waals surface area contributed by atoms with Crippen molar-refractivity contribution in [3.8, 4) is 11.4 Å². The normalized spacial score (nSPS) is 14.5. The van der Waals surface area contributed by atoms with E-state index in [9.17, 15) is 9.18 Å². The second-order valence-corrected chi connectivity index (χ2v) is 10.4. The van der Waals surface area contributed by atoms with Crippen molar-refractivity contribution in [1.82, 2.24) is 25.2 Å². The summed E-state index contributed by atoms with van der Waals surface area (Å²) in [4.78, 5) is 26.5. The third kappa shape index (κ3) is 7.15. The van der Waals surface area contributed by atoms with Crippen LogP contribution in [0.2, 0.25) is 5.02 Å². The second kappa shape index (κ2) is 13.2. The van der Waals surface area contributed by atoms with Crippen LogP contribution in [0.3, 0.4) is 0 Å². The molecule has 1 saturated heterocycles. The lowest BCUT2D eigenvalue weighted by molar-refractivity contribution is -0.118. The Morgan fingerprint density at radius 1 is 1.12 bits per heavy atom. The first-order chi connectivity index (χ1) is 19.5. The molecule has 10 heteroatoms. The molecule has 0 saturated carbocycles. The molecule has 8 nitrogen and oxygen atoms in total. The lowest BCUT2D eigenvalue weighted by atomic mass is 10.1. The Morgan fingerprint density at radius 2 is 1.93 bits per heavy atom. The second-order valence-electron chi connectivity index (χ2n) is 10.0. The van der Waals surface area contributed by atoms with Gasteiger partial charge in [0.05, 0.1) is 18.1 Å². The minimum Gasteiger partial charge on any atom is -0.372 e. The zero-order valence-electron chi connectivity index (χ0n) is 22.6. The number of hydrogen-bond donors (Lipinski definition) is 3. The van der Waals surface area contributed by atoms with Crippen molar-refractivity contribution in [2.45, 2.75) is 38.9 Å². The summed E-state index contributed by atoms with van der Waals surface area (Å²) < 4.78 is 20.4. The highest BCUT2D eigenvalue weighted by molar-refractivity contribution is 6.31. The summed E-state index contributed by atoms with van der Waals surface area (Å²) in [6.45, 7) is 5.55. The molecule has 0 unspecified atom stereocenters. The summed E-state index contributed by atoms with van der Waals surface area (Å²) in [6.07, 6.45) is 2.58. The number of H-pyrrole nitrogens is 1. The molecular weight excluding hydrogens is 531 g/mol. The molecule has 0 radical (unpaired) electrons. The Labute approximate surface area is 238 Å². The number of fused-ring (bicyclic) bond motifs is 1. The lowest BCUT2D eigenvalue weighted by Crippen LogP contribution is -2.38. The van der Waals surface area contributed by atoms with Crippen LogP contribution in [-0.2, 0) is 22.6 Å². The number of anilines is 1. The fraction of sp³-hybridized carbons (Fsp3) is 0.367. The van der Waals surface area contributed by atoms with Crippen molar-refractivity contribution in [2.75, 3.05) is 38.0 Å². The summed E-state index contributed by atoms with van der Waals surface area (Å²) >= 11 is 6.18. The zero-order chi connectivity index (χ0) is 27.9. The van der Waals surface area contributed by atoms with Crippen LogP contribution in [0, 0.1) is 5.82 Å². The summed E-state index contributed by atoms with van der Waals surface area (Å²) in [6, 6.07) is 16.7. The van der Waals surface area contributed by atoms with E-state index in [-0.39, 0.29) is 17.8 Å². The van der Waals surface area contributed by atoms with Crippen LogP contribution in [0.15, 0.2) is 54.6 Å². The Kier molecular flexibility index (Phi) is 9.26. The quantitative estimate of drug-likeness (QED) is 0.217. The standard InChI is InChI=1S/C30H34ClFN6O2/c1-20(39)33-13-14-34-29-25-18-22(35-30(25)37-28(36-29)21-6-3-2-4-7-21)19-40-23-10-15-38(16-11-23)17-12-24-26(31)8-5-9-27(24)32/h2-9,18,23H,10-17,19H2,1H3,(H,33,39)(H2,34,35,36,37). The molecule has 0 bridgehead atoms. The van der Waals surface area contributed by atoms with E-state index < -0.39 is 0 Å². The van der Waals surface area contributed by atoms with Gasteiger partial charge in [0.1, 0.15) is 17.3 Å². The number of nitrogens with one attached hydrogen (secondary N) is 3. The molecule has 0 spiro atoms. The highest BCUT2D eigenvalue weighted by Crippen LogP contribution is 2.27. The first-order valence-corrected chi connectivity index (χ1v) is 14.0. The fourth-order valence-corrected chi connectivity index (χ4v) is 5.22. The van der Waals surface area contributed by atoms with Crippen LogP contribution in [0.4, 0.5) is 10.2 Å². The van der Waals surface area contributed by atoms with Gasteiger partial charge in [-0.25, -0.2) is 14.4 Å². The van der Waals surface area contributed by atoms with Crippen molar-refractivity contribution in [3.63, 3.8) is 0 Å². The van der Waals surface area contributed by atoms with Crippen LogP contribution in [0.1, 0.15) is 31.0 Å². The number of rotatable bonds is 11. The molecule has 40 heavy (non-hydrogen) atoms. The maximum atomic E-state index is 14.1. The number of ether oxygens (including phenoxy) is 1. The Bertz CT molecular complexity index is 1420. The number of piperidine rings is 1. The minimum absolute atomic E-state index is 0.0685. The molecule has 0 aliphatic carbocycles. The van der Waals surface area contributed by atoms with Crippen LogP contribution in [-0.4, -0.2) is 64.6 Å². The number of benzene rings is 2.